The first-order valence-electron chi connectivity index (χ1n) is 8.83. The van der Waals surface area contributed by atoms with Crippen LogP contribution in [-0.2, 0) is 30.2 Å². The van der Waals surface area contributed by atoms with E-state index < -0.39 is 5.69 Å². The molecule has 26 heavy (non-hydrogen) atoms. The van der Waals surface area contributed by atoms with E-state index in [-0.39, 0.29) is 23.6 Å². The maximum absolute atomic E-state index is 12.5. The van der Waals surface area contributed by atoms with Gasteiger partial charge in [-0.05, 0) is 20.3 Å². The highest BCUT2D eigenvalue weighted by molar-refractivity contribution is 5.76. The molecule has 2 aromatic heterocycles. The van der Waals surface area contributed by atoms with Gasteiger partial charge in [-0.15, -0.1) is 0 Å². The van der Waals surface area contributed by atoms with Crippen LogP contribution in [0.15, 0.2) is 15.9 Å². The fraction of sp³-hybridized carbons (Fsp3) is 0.647. The summed E-state index contributed by atoms with van der Waals surface area (Å²) in [4.78, 5) is 42.9. The number of hydrogen-bond donors (Lipinski definition) is 0. The number of ether oxygens (including phenoxy) is 1. The standard InChI is InChI=1S/C17H25N5O4/c1-11-9-26-12(2)8-22(11)13(23)6-5-7-21-10-18-15-14(21)16(24)20(4)17(25)19(15)3/h10-12H,5-9H2,1-4H3. The van der Waals surface area contributed by atoms with Gasteiger partial charge in [-0.3, -0.25) is 18.7 Å². The molecule has 2 unspecified atom stereocenters. The van der Waals surface area contributed by atoms with Crippen molar-refractivity contribution >= 4 is 17.1 Å². The van der Waals surface area contributed by atoms with Gasteiger partial charge >= 0.3 is 5.69 Å². The number of aromatic nitrogens is 4. The second-order valence-corrected chi connectivity index (χ2v) is 6.96. The van der Waals surface area contributed by atoms with E-state index >= 15 is 0 Å². The molecule has 3 rings (SSSR count). The van der Waals surface area contributed by atoms with Crippen molar-refractivity contribution in [2.24, 2.45) is 14.1 Å². The lowest BCUT2D eigenvalue weighted by atomic mass is 10.1. The average Bonchev–Trinajstić information content (AvgIpc) is 3.04. The molecule has 1 saturated heterocycles. The Hall–Kier alpha value is -2.42. The minimum absolute atomic E-state index is 0.0528. The minimum Gasteiger partial charge on any atom is -0.375 e. The highest BCUT2D eigenvalue weighted by Crippen LogP contribution is 2.14. The fourth-order valence-corrected chi connectivity index (χ4v) is 3.36. The van der Waals surface area contributed by atoms with Crippen molar-refractivity contribution in [2.45, 2.75) is 45.4 Å². The summed E-state index contributed by atoms with van der Waals surface area (Å²) < 4.78 is 9.70. The van der Waals surface area contributed by atoms with Crippen LogP contribution in [0.4, 0.5) is 0 Å². The van der Waals surface area contributed by atoms with E-state index in [9.17, 15) is 14.4 Å². The van der Waals surface area contributed by atoms with Crippen LogP contribution < -0.4 is 11.2 Å². The zero-order valence-corrected chi connectivity index (χ0v) is 15.6. The summed E-state index contributed by atoms with van der Waals surface area (Å²) in [5.74, 6) is 0.0948. The molecule has 0 bridgehead atoms. The number of amides is 1. The molecule has 0 aliphatic carbocycles. The molecule has 0 radical (unpaired) electrons. The molecule has 2 aromatic rings. The zero-order chi connectivity index (χ0) is 19.0. The van der Waals surface area contributed by atoms with Crippen molar-refractivity contribution in [3.05, 3.63) is 27.2 Å². The van der Waals surface area contributed by atoms with Crippen molar-refractivity contribution < 1.29 is 9.53 Å². The quantitative estimate of drug-likeness (QED) is 0.753. The van der Waals surface area contributed by atoms with Gasteiger partial charge in [0.2, 0.25) is 5.91 Å². The Bertz CT molecular complexity index is 941. The summed E-state index contributed by atoms with van der Waals surface area (Å²) in [7, 11) is 3.04. The van der Waals surface area contributed by atoms with E-state index in [0.29, 0.717) is 43.7 Å². The number of morpholine rings is 1. The van der Waals surface area contributed by atoms with Gasteiger partial charge in [0.15, 0.2) is 11.2 Å². The second-order valence-electron chi connectivity index (χ2n) is 6.96. The Morgan fingerprint density at radius 1 is 1.27 bits per heavy atom. The maximum atomic E-state index is 12.5. The number of carbonyl (C=O) groups excluding carboxylic acids is 1. The minimum atomic E-state index is -0.404. The smallest absolute Gasteiger partial charge is 0.332 e. The number of nitrogens with zero attached hydrogens (tertiary/aromatic N) is 5. The zero-order valence-electron chi connectivity index (χ0n) is 15.6. The van der Waals surface area contributed by atoms with Crippen molar-refractivity contribution in [3.8, 4) is 0 Å². The fourth-order valence-electron chi connectivity index (χ4n) is 3.36. The first kappa shape index (κ1) is 18.4. The Balaban J connectivity index is 1.72. The highest BCUT2D eigenvalue weighted by Gasteiger charge is 2.27. The average molecular weight is 363 g/mol. The molecule has 2 atom stereocenters. The lowest BCUT2D eigenvalue weighted by Crippen LogP contribution is -2.50. The molecule has 1 fully saturated rings. The van der Waals surface area contributed by atoms with Crippen LogP contribution in [0.1, 0.15) is 26.7 Å². The lowest BCUT2D eigenvalue weighted by molar-refractivity contribution is -0.143. The molecule has 1 aliphatic rings. The Kier molecular flexibility index (Phi) is 4.99. The number of hydrogen-bond acceptors (Lipinski definition) is 5. The first-order chi connectivity index (χ1) is 12.3. The Morgan fingerprint density at radius 2 is 2.00 bits per heavy atom. The predicted octanol–water partition coefficient (Wildman–Crippen LogP) is -0.150. The van der Waals surface area contributed by atoms with Crippen LogP contribution in [0.25, 0.3) is 11.2 Å². The van der Waals surface area contributed by atoms with Crippen molar-refractivity contribution in [1.29, 1.82) is 0 Å². The number of imidazole rings is 1. The van der Waals surface area contributed by atoms with E-state index in [4.69, 9.17) is 4.74 Å². The van der Waals surface area contributed by atoms with E-state index in [2.05, 4.69) is 4.98 Å². The normalized spacial score (nSPS) is 20.7. The van der Waals surface area contributed by atoms with Gasteiger partial charge in [-0.2, -0.15) is 0 Å². The van der Waals surface area contributed by atoms with Crippen LogP contribution in [0.5, 0.6) is 0 Å². The monoisotopic (exact) mass is 363 g/mol. The molecule has 0 saturated carbocycles. The van der Waals surface area contributed by atoms with Gasteiger partial charge < -0.3 is 14.2 Å². The topological polar surface area (TPSA) is 91.4 Å². The van der Waals surface area contributed by atoms with Gasteiger partial charge in [0.05, 0.1) is 25.1 Å². The summed E-state index contributed by atoms with van der Waals surface area (Å²) in [6.45, 7) is 5.60. The molecule has 0 spiro atoms. The molecular weight excluding hydrogens is 338 g/mol. The molecule has 9 nitrogen and oxygen atoms in total. The van der Waals surface area contributed by atoms with Crippen molar-refractivity contribution in [1.82, 2.24) is 23.6 Å². The molecule has 0 N–H and O–H groups in total. The van der Waals surface area contributed by atoms with Crippen LogP contribution in [-0.4, -0.2) is 54.8 Å². The summed E-state index contributed by atoms with van der Waals surface area (Å²) in [5, 5.41) is 0. The molecule has 3 heterocycles. The van der Waals surface area contributed by atoms with E-state index in [1.54, 1.807) is 17.9 Å². The Labute approximate surface area is 150 Å². The van der Waals surface area contributed by atoms with Crippen LogP contribution in [0, 0.1) is 0 Å². The molecule has 1 amide bonds. The van der Waals surface area contributed by atoms with Gasteiger partial charge in [-0.1, -0.05) is 0 Å². The third-order valence-electron chi connectivity index (χ3n) is 4.94. The molecular formula is C17H25N5O4. The third-order valence-corrected chi connectivity index (χ3v) is 4.94. The number of carbonyl (C=O) groups is 1. The largest absolute Gasteiger partial charge is 0.375 e. The number of fused-ring (bicyclic) bond motifs is 1. The first-order valence-corrected chi connectivity index (χ1v) is 8.83. The highest BCUT2D eigenvalue weighted by atomic mass is 16.5. The number of aryl methyl sites for hydroxylation is 2. The van der Waals surface area contributed by atoms with Gasteiger partial charge in [0.25, 0.3) is 5.56 Å². The Morgan fingerprint density at radius 3 is 2.73 bits per heavy atom. The summed E-state index contributed by atoms with van der Waals surface area (Å²) in [6, 6.07) is 0.0783. The molecule has 1 aliphatic heterocycles. The molecule has 9 heteroatoms. The van der Waals surface area contributed by atoms with Crippen molar-refractivity contribution in [2.75, 3.05) is 13.2 Å². The van der Waals surface area contributed by atoms with Gasteiger partial charge in [0.1, 0.15) is 0 Å². The van der Waals surface area contributed by atoms with E-state index in [1.807, 2.05) is 18.7 Å². The van der Waals surface area contributed by atoms with Crippen LogP contribution in [0.2, 0.25) is 0 Å². The third kappa shape index (κ3) is 3.18. The molecule has 142 valence electrons. The van der Waals surface area contributed by atoms with Crippen LogP contribution >= 0.6 is 0 Å². The van der Waals surface area contributed by atoms with E-state index in [1.165, 1.54) is 11.6 Å². The van der Waals surface area contributed by atoms with Crippen LogP contribution in [0.3, 0.4) is 0 Å². The van der Waals surface area contributed by atoms with Crippen molar-refractivity contribution in [3.63, 3.8) is 0 Å². The summed E-state index contributed by atoms with van der Waals surface area (Å²) >= 11 is 0. The van der Waals surface area contributed by atoms with Gasteiger partial charge in [-0.25, -0.2) is 9.78 Å². The second kappa shape index (κ2) is 7.06. The predicted molar refractivity (Wildman–Crippen MR) is 96.0 cm³/mol. The maximum Gasteiger partial charge on any atom is 0.332 e. The van der Waals surface area contributed by atoms with E-state index in [0.717, 1.165) is 4.57 Å². The SMILES string of the molecule is CC1CN(C(=O)CCCn2cnc3c2c(=O)n(C)c(=O)n3C)C(C)CO1. The molecule has 0 aromatic carbocycles. The lowest BCUT2D eigenvalue weighted by Gasteiger charge is -2.36. The summed E-state index contributed by atoms with van der Waals surface area (Å²) in [5.41, 5.74) is -0.0311. The van der Waals surface area contributed by atoms with Gasteiger partial charge in [0, 0.05) is 33.6 Å². The number of rotatable bonds is 4. The summed E-state index contributed by atoms with van der Waals surface area (Å²) in [6.07, 6.45) is 2.59.